The summed E-state index contributed by atoms with van der Waals surface area (Å²) in [7, 11) is 0. The van der Waals surface area contributed by atoms with E-state index in [1.54, 1.807) is 0 Å². The summed E-state index contributed by atoms with van der Waals surface area (Å²) in [5, 5.41) is 27.1. The van der Waals surface area contributed by atoms with Crippen LogP contribution in [-0.4, -0.2) is 0 Å². The molecule has 0 N–H and O–H groups in total. The van der Waals surface area contributed by atoms with Crippen LogP contribution in [0.15, 0.2) is 231 Å². The first kappa shape index (κ1) is 38.3. The highest BCUT2D eigenvalue weighted by atomic mass is 15.1. The summed E-state index contributed by atoms with van der Waals surface area (Å²) >= 11 is 0. The maximum atomic E-state index is 10.3. The van der Waals surface area contributed by atoms with Gasteiger partial charge in [-0.1, -0.05) is 194 Å². The normalized spacial score (nSPS) is 12.3. The first-order valence-corrected chi connectivity index (χ1v) is 23.4. The fraction of sp³-hybridized carbons (Fsp3) is 0.0152. The van der Waals surface area contributed by atoms with Crippen LogP contribution in [0.2, 0.25) is 0 Å². The van der Waals surface area contributed by atoms with Crippen LogP contribution in [0, 0.1) is 11.3 Å². The van der Waals surface area contributed by atoms with E-state index < -0.39 is 0 Å². The van der Waals surface area contributed by atoms with Crippen LogP contribution in [0.25, 0.3) is 120 Å². The van der Waals surface area contributed by atoms with Crippen molar-refractivity contribution < 1.29 is 0 Å². The van der Waals surface area contributed by atoms with Crippen molar-refractivity contribution in [2.24, 2.45) is 0 Å². The molecule has 0 saturated carbocycles. The molecule has 2 heteroatoms. The SMILES string of the molecule is N#Cc1ccc2c3c1ccc1c(-c4ccc5c(-c6cccc7ccccc67)c6cc(-c7cccc8ccccc78)ccc6c(-c6cccc7ccccc67)c5c4)ccc(c13)N(c1ccccc1)C2. The molecule has 0 fully saturated rings. The molecule has 13 aromatic carbocycles. The van der Waals surface area contributed by atoms with E-state index in [1.807, 2.05) is 6.07 Å². The predicted molar refractivity (Wildman–Crippen MR) is 288 cm³/mol. The number of hydrogen-bond donors (Lipinski definition) is 0. The van der Waals surface area contributed by atoms with Crippen LogP contribution in [0.3, 0.4) is 0 Å². The van der Waals surface area contributed by atoms with Gasteiger partial charge in [-0.25, -0.2) is 0 Å². The van der Waals surface area contributed by atoms with Gasteiger partial charge in [-0.2, -0.15) is 5.26 Å². The zero-order valence-corrected chi connectivity index (χ0v) is 37.0. The molecule has 13 aromatic rings. The Hall–Kier alpha value is -9.03. The van der Waals surface area contributed by atoms with Crippen molar-refractivity contribution >= 4 is 86.8 Å². The van der Waals surface area contributed by atoms with Crippen LogP contribution in [0.1, 0.15) is 11.1 Å². The van der Waals surface area contributed by atoms with E-state index in [0.717, 1.165) is 34.4 Å². The van der Waals surface area contributed by atoms with E-state index >= 15 is 0 Å². The summed E-state index contributed by atoms with van der Waals surface area (Å²) < 4.78 is 0. The molecule has 0 bridgehead atoms. The average molecular weight is 861 g/mol. The Morgan fingerprint density at radius 1 is 0.338 bits per heavy atom. The number of rotatable bonds is 5. The Labute approximate surface area is 393 Å². The Bertz CT molecular complexity index is 4290. The van der Waals surface area contributed by atoms with Gasteiger partial charge >= 0.3 is 0 Å². The minimum atomic E-state index is 0.706. The van der Waals surface area contributed by atoms with Crippen LogP contribution in [-0.2, 0) is 6.54 Å². The van der Waals surface area contributed by atoms with E-state index in [2.05, 4.69) is 235 Å². The lowest BCUT2D eigenvalue weighted by atomic mass is 9.81. The molecule has 1 aliphatic heterocycles. The number of fused-ring (bicyclic) bond motifs is 5. The lowest BCUT2D eigenvalue weighted by molar-refractivity contribution is 0.982. The standard InChI is InChI=1S/C66H40N2/c67-39-46-27-28-47-40-68(48-19-2-1-3-20-48)62-36-35-53(57-34-33-54(46)63(47)66(57)62)45-30-32-59-61(38-45)65(56-26-12-18-43-15-6-9-23-51(43)56)58-31-29-44(52-24-10-16-41-13-4-7-21-49(41)52)37-60(58)64(59)55-25-11-17-42-14-5-8-22-50(42)55/h1-38H,40H2. The maximum absolute atomic E-state index is 10.3. The fourth-order valence-corrected chi connectivity index (χ4v) is 11.7. The van der Waals surface area contributed by atoms with Gasteiger partial charge < -0.3 is 4.90 Å². The first-order chi connectivity index (χ1) is 33.7. The third-order valence-electron chi connectivity index (χ3n) is 14.7. The van der Waals surface area contributed by atoms with Crippen molar-refractivity contribution in [3.8, 4) is 50.6 Å². The molecule has 2 nitrogen and oxygen atoms in total. The summed E-state index contributed by atoms with van der Waals surface area (Å²) in [6.07, 6.45) is 0. The van der Waals surface area contributed by atoms with Crippen molar-refractivity contribution in [2.75, 3.05) is 4.90 Å². The molecule has 1 aliphatic rings. The third kappa shape index (κ3) is 5.70. The number of benzene rings is 13. The highest BCUT2D eigenvalue weighted by molar-refractivity contribution is 6.27. The summed E-state index contributed by atoms with van der Waals surface area (Å²) in [6.45, 7) is 0.730. The highest BCUT2D eigenvalue weighted by Crippen LogP contribution is 2.51. The third-order valence-corrected chi connectivity index (χ3v) is 14.7. The lowest BCUT2D eigenvalue weighted by Crippen LogP contribution is -2.20. The van der Waals surface area contributed by atoms with E-state index in [4.69, 9.17) is 0 Å². The van der Waals surface area contributed by atoms with E-state index in [0.29, 0.717) is 5.56 Å². The molecule has 0 spiro atoms. The monoisotopic (exact) mass is 860 g/mol. The van der Waals surface area contributed by atoms with Crippen LogP contribution >= 0.6 is 0 Å². The summed E-state index contributed by atoms with van der Waals surface area (Å²) in [5.74, 6) is 0. The number of hydrogen-bond acceptors (Lipinski definition) is 2. The van der Waals surface area contributed by atoms with Crippen molar-refractivity contribution in [1.29, 1.82) is 5.26 Å². The summed E-state index contributed by atoms with van der Waals surface area (Å²) in [4.78, 5) is 2.42. The first-order valence-electron chi connectivity index (χ1n) is 23.4. The fourth-order valence-electron chi connectivity index (χ4n) is 11.7. The van der Waals surface area contributed by atoms with E-state index in [-0.39, 0.29) is 0 Å². The highest BCUT2D eigenvalue weighted by Gasteiger charge is 2.26. The molecule has 0 atom stereocenters. The smallest absolute Gasteiger partial charge is 0.0998 e. The van der Waals surface area contributed by atoms with Crippen LogP contribution in [0.4, 0.5) is 11.4 Å². The van der Waals surface area contributed by atoms with Gasteiger partial charge in [-0.05, 0) is 151 Å². The van der Waals surface area contributed by atoms with E-state index in [9.17, 15) is 5.26 Å². The molecule has 68 heavy (non-hydrogen) atoms. The van der Waals surface area contributed by atoms with Crippen molar-refractivity contribution in [2.45, 2.75) is 6.54 Å². The van der Waals surface area contributed by atoms with Crippen molar-refractivity contribution in [3.63, 3.8) is 0 Å². The minimum Gasteiger partial charge on any atom is -0.336 e. The second kappa shape index (κ2) is 15.0. The lowest BCUT2D eigenvalue weighted by Gasteiger charge is -2.32. The van der Waals surface area contributed by atoms with Crippen molar-refractivity contribution in [3.05, 3.63) is 242 Å². The number of para-hydroxylation sites is 1. The zero-order valence-electron chi connectivity index (χ0n) is 37.0. The topological polar surface area (TPSA) is 27.0 Å². The quantitative estimate of drug-likeness (QED) is 0.127. The molecule has 0 aromatic heterocycles. The van der Waals surface area contributed by atoms with Gasteiger partial charge in [0.15, 0.2) is 0 Å². The van der Waals surface area contributed by atoms with Gasteiger partial charge in [-0.3, -0.25) is 0 Å². The molecule has 0 aliphatic carbocycles. The minimum absolute atomic E-state index is 0.706. The molecular formula is C66H40N2. The Kier molecular flexibility index (Phi) is 8.44. The second-order valence-corrected chi connectivity index (χ2v) is 18.2. The molecule has 14 rings (SSSR count). The van der Waals surface area contributed by atoms with Gasteiger partial charge in [0.2, 0.25) is 0 Å². The molecule has 314 valence electrons. The molecule has 0 amide bonds. The Balaban J connectivity index is 1.12. The maximum Gasteiger partial charge on any atom is 0.0998 e. The van der Waals surface area contributed by atoms with Gasteiger partial charge in [-0.15, -0.1) is 0 Å². The van der Waals surface area contributed by atoms with Gasteiger partial charge in [0.1, 0.15) is 0 Å². The van der Waals surface area contributed by atoms with Crippen LogP contribution < -0.4 is 4.90 Å². The summed E-state index contributed by atoms with van der Waals surface area (Å²) in [6, 6.07) is 87.2. The number of anilines is 2. The molecule has 0 radical (unpaired) electrons. The summed E-state index contributed by atoms with van der Waals surface area (Å²) in [5.41, 5.74) is 13.9. The van der Waals surface area contributed by atoms with Gasteiger partial charge in [0, 0.05) is 28.7 Å². The largest absolute Gasteiger partial charge is 0.336 e. The van der Waals surface area contributed by atoms with Gasteiger partial charge in [0.25, 0.3) is 0 Å². The number of nitriles is 1. The molecular weight excluding hydrogens is 821 g/mol. The van der Waals surface area contributed by atoms with Gasteiger partial charge in [0.05, 0.1) is 11.6 Å². The Morgan fingerprint density at radius 2 is 0.824 bits per heavy atom. The predicted octanol–water partition coefficient (Wildman–Crippen LogP) is 18.0. The molecule has 0 unspecified atom stereocenters. The average Bonchev–Trinajstić information content (AvgIpc) is 3.41. The Morgan fingerprint density at radius 3 is 1.41 bits per heavy atom. The van der Waals surface area contributed by atoms with E-state index in [1.165, 1.54) is 109 Å². The van der Waals surface area contributed by atoms with Crippen molar-refractivity contribution in [1.82, 2.24) is 0 Å². The molecule has 0 saturated heterocycles. The van der Waals surface area contributed by atoms with Crippen LogP contribution in [0.5, 0.6) is 0 Å². The zero-order chi connectivity index (χ0) is 44.9. The number of nitrogens with zero attached hydrogens (tertiary/aromatic N) is 2. The second-order valence-electron chi connectivity index (χ2n) is 18.2. The molecule has 1 heterocycles.